The highest BCUT2D eigenvalue weighted by Crippen LogP contribution is 2.33. The van der Waals surface area contributed by atoms with Crippen LogP contribution in [-0.2, 0) is 17.6 Å². The van der Waals surface area contributed by atoms with Gasteiger partial charge in [-0.05, 0) is 56.9 Å². The topological polar surface area (TPSA) is 58.6 Å². The second-order valence-corrected chi connectivity index (χ2v) is 6.25. The Bertz CT molecular complexity index is 508. The highest BCUT2D eigenvalue weighted by molar-refractivity contribution is 6.30. The molecule has 104 valence electrons. The van der Waals surface area contributed by atoms with Crippen LogP contribution >= 0.6 is 11.6 Å². The summed E-state index contributed by atoms with van der Waals surface area (Å²) in [6, 6.07) is 3.29. The molecule has 2 rings (SSSR count). The second-order valence-electron chi connectivity index (χ2n) is 5.81. The predicted octanol–water partition coefficient (Wildman–Crippen LogP) is 3.04. The van der Waals surface area contributed by atoms with Gasteiger partial charge in [-0.25, -0.2) is 4.79 Å². The van der Waals surface area contributed by atoms with Gasteiger partial charge in [0.2, 0.25) is 0 Å². The summed E-state index contributed by atoms with van der Waals surface area (Å²) in [4.78, 5) is 11.7. The summed E-state index contributed by atoms with van der Waals surface area (Å²) >= 11 is 5.90. The number of benzene rings is 1. The molecule has 1 aromatic rings. The Hall–Kier alpha value is -1.42. The maximum absolute atomic E-state index is 11.7. The van der Waals surface area contributed by atoms with E-state index in [4.69, 9.17) is 16.3 Å². The molecule has 0 heterocycles. The Morgan fingerprint density at radius 1 is 1.42 bits per heavy atom. The molecule has 19 heavy (non-hydrogen) atoms. The van der Waals surface area contributed by atoms with E-state index in [1.54, 1.807) is 0 Å². The van der Waals surface area contributed by atoms with Gasteiger partial charge in [0.05, 0.1) is 0 Å². The van der Waals surface area contributed by atoms with Crippen molar-refractivity contribution in [3.05, 3.63) is 28.3 Å². The number of alkyl carbamates (subject to hydrolysis) is 1. The molecule has 1 aliphatic carbocycles. The molecule has 0 aromatic heterocycles. The van der Waals surface area contributed by atoms with E-state index in [2.05, 4.69) is 5.32 Å². The Balaban J connectivity index is 2.01. The number of phenols is 1. The van der Waals surface area contributed by atoms with Crippen molar-refractivity contribution in [1.82, 2.24) is 5.32 Å². The van der Waals surface area contributed by atoms with Gasteiger partial charge < -0.3 is 15.2 Å². The maximum Gasteiger partial charge on any atom is 0.407 e. The number of carbonyl (C=O) groups excluding carboxylic acids is 1. The fraction of sp³-hybridized carbons (Fsp3) is 0.500. The Kier molecular flexibility index (Phi) is 3.63. The lowest BCUT2D eigenvalue weighted by Crippen LogP contribution is -2.39. The van der Waals surface area contributed by atoms with Crippen molar-refractivity contribution in [2.45, 2.75) is 45.3 Å². The van der Waals surface area contributed by atoms with Crippen molar-refractivity contribution in [3.8, 4) is 5.75 Å². The van der Waals surface area contributed by atoms with Gasteiger partial charge in [0.25, 0.3) is 0 Å². The van der Waals surface area contributed by atoms with E-state index in [0.717, 1.165) is 11.1 Å². The standard InChI is InChI=1S/C14H18ClNO3/c1-14(2,3)19-13(18)16-10-5-8-4-9(15)6-12(17)11(8)7-10/h4,6,10,17H,5,7H2,1-3H3,(H,16,18). The molecule has 0 aliphatic heterocycles. The summed E-state index contributed by atoms with van der Waals surface area (Å²) in [6.45, 7) is 5.46. The first-order chi connectivity index (χ1) is 8.74. The number of phenolic OH excluding ortho intramolecular Hbond substituents is 1. The smallest absolute Gasteiger partial charge is 0.407 e. The van der Waals surface area contributed by atoms with Crippen LogP contribution in [0.25, 0.3) is 0 Å². The molecule has 0 radical (unpaired) electrons. The van der Waals surface area contributed by atoms with E-state index in [1.165, 1.54) is 6.07 Å². The van der Waals surface area contributed by atoms with Gasteiger partial charge in [-0.15, -0.1) is 0 Å². The van der Waals surface area contributed by atoms with Crippen LogP contribution in [0, 0.1) is 0 Å². The fourth-order valence-electron chi connectivity index (χ4n) is 2.26. The van der Waals surface area contributed by atoms with Crippen LogP contribution in [-0.4, -0.2) is 22.8 Å². The molecule has 1 aliphatic rings. The number of ether oxygens (including phenoxy) is 1. The number of nitrogens with one attached hydrogen (secondary N) is 1. The average molecular weight is 284 g/mol. The van der Waals surface area contributed by atoms with Crippen molar-refractivity contribution in [3.63, 3.8) is 0 Å². The van der Waals surface area contributed by atoms with Crippen LogP contribution in [0.5, 0.6) is 5.75 Å². The first-order valence-electron chi connectivity index (χ1n) is 6.24. The number of carbonyl (C=O) groups is 1. The summed E-state index contributed by atoms with van der Waals surface area (Å²) in [7, 11) is 0. The molecule has 5 heteroatoms. The Morgan fingerprint density at radius 3 is 2.74 bits per heavy atom. The number of hydrogen-bond acceptors (Lipinski definition) is 3. The number of aromatic hydroxyl groups is 1. The van der Waals surface area contributed by atoms with Crippen LogP contribution in [0.1, 0.15) is 31.9 Å². The first kappa shape index (κ1) is 14.0. The third-order valence-corrected chi connectivity index (χ3v) is 3.14. The third-order valence-electron chi connectivity index (χ3n) is 2.92. The highest BCUT2D eigenvalue weighted by atomic mass is 35.5. The number of fused-ring (bicyclic) bond motifs is 1. The molecule has 0 saturated heterocycles. The summed E-state index contributed by atoms with van der Waals surface area (Å²) in [5.74, 6) is 0.191. The third kappa shape index (κ3) is 3.53. The fourth-order valence-corrected chi connectivity index (χ4v) is 2.49. The molecular weight excluding hydrogens is 266 g/mol. The van der Waals surface area contributed by atoms with Crippen molar-refractivity contribution >= 4 is 17.7 Å². The van der Waals surface area contributed by atoms with Gasteiger partial charge in [0, 0.05) is 11.1 Å². The lowest BCUT2D eigenvalue weighted by molar-refractivity contribution is 0.0506. The van der Waals surface area contributed by atoms with Gasteiger partial charge in [0.15, 0.2) is 0 Å². The average Bonchev–Trinajstić information content (AvgIpc) is 2.56. The van der Waals surface area contributed by atoms with Crippen molar-refractivity contribution < 1.29 is 14.6 Å². The van der Waals surface area contributed by atoms with Crippen LogP contribution in [0.15, 0.2) is 12.1 Å². The van der Waals surface area contributed by atoms with E-state index in [0.29, 0.717) is 17.9 Å². The molecule has 4 nitrogen and oxygen atoms in total. The minimum atomic E-state index is -0.513. The molecule has 0 bridgehead atoms. The molecule has 1 aromatic carbocycles. The zero-order chi connectivity index (χ0) is 14.2. The van der Waals surface area contributed by atoms with Gasteiger partial charge in [0.1, 0.15) is 11.4 Å². The van der Waals surface area contributed by atoms with E-state index >= 15 is 0 Å². The summed E-state index contributed by atoms with van der Waals surface area (Å²) < 4.78 is 5.21. The predicted molar refractivity (Wildman–Crippen MR) is 73.7 cm³/mol. The van der Waals surface area contributed by atoms with Gasteiger partial charge >= 0.3 is 6.09 Å². The lowest BCUT2D eigenvalue weighted by atomic mass is 10.1. The lowest BCUT2D eigenvalue weighted by Gasteiger charge is -2.21. The van der Waals surface area contributed by atoms with E-state index in [-0.39, 0.29) is 11.8 Å². The number of amides is 1. The molecule has 2 N–H and O–H groups in total. The number of halogens is 1. The van der Waals surface area contributed by atoms with Gasteiger partial charge in [-0.2, -0.15) is 0 Å². The van der Waals surface area contributed by atoms with Crippen molar-refractivity contribution in [2.75, 3.05) is 0 Å². The molecule has 1 amide bonds. The highest BCUT2D eigenvalue weighted by Gasteiger charge is 2.27. The molecule has 1 atom stereocenters. The minimum Gasteiger partial charge on any atom is -0.508 e. The summed E-state index contributed by atoms with van der Waals surface area (Å²) in [5.41, 5.74) is 1.32. The molecule has 0 saturated carbocycles. The molecule has 1 unspecified atom stereocenters. The van der Waals surface area contributed by atoms with Crippen LogP contribution < -0.4 is 5.32 Å². The van der Waals surface area contributed by atoms with E-state index in [1.807, 2.05) is 26.8 Å². The zero-order valence-corrected chi connectivity index (χ0v) is 12.0. The second kappa shape index (κ2) is 4.93. The largest absolute Gasteiger partial charge is 0.508 e. The minimum absolute atomic E-state index is 0.0609. The van der Waals surface area contributed by atoms with Crippen LogP contribution in [0.3, 0.4) is 0 Å². The summed E-state index contributed by atoms with van der Waals surface area (Å²) in [6.07, 6.45) is 0.816. The summed E-state index contributed by atoms with van der Waals surface area (Å²) in [5, 5.41) is 13.1. The van der Waals surface area contributed by atoms with Gasteiger partial charge in [-0.1, -0.05) is 11.6 Å². The molecule has 0 spiro atoms. The van der Waals surface area contributed by atoms with Crippen molar-refractivity contribution in [2.24, 2.45) is 0 Å². The van der Waals surface area contributed by atoms with Crippen LogP contribution in [0.2, 0.25) is 5.02 Å². The number of rotatable bonds is 1. The van der Waals surface area contributed by atoms with Crippen molar-refractivity contribution in [1.29, 1.82) is 0 Å². The first-order valence-corrected chi connectivity index (χ1v) is 6.62. The Morgan fingerprint density at radius 2 is 2.11 bits per heavy atom. The maximum atomic E-state index is 11.7. The molecular formula is C14H18ClNO3. The monoisotopic (exact) mass is 283 g/mol. The molecule has 0 fully saturated rings. The van der Waals surface area contributed by atoms with Gasteiger partial charge in [-0.3, -0.25) is 0 Å². The zero-order valence-electron chi connectivity index (χ0n) is 11.3. The normalized spacial score (nSPS) is 18.0. The SMILES string of the molecule is CC(C)(C)OC(=O)NC1Cc2cc(Cl)cc(O)c2C1. The van der Waals surface area contributed by atoms with E-state index in [9.17, 15) is 9.90 Å². The van der Waals surface area contributed by atoms with E-state index < -0.39 is 11.7 Å². The quantitative estimate of drug-likeness (QED) is 0.833. The number of hydrogen-bond donors (Lipinski definition) is 2. The Labute approximate surface area is 117 Å². The van der Waals surface area contributed by atoms with Crippen LogP contribution in [0.4, 0.5) is 4.79 Å².